The van der Waals surface area contributed by atoms with E-state index in [1.165, 1.54) is 11.1 Å². The standard InChI is InChI=1S/C23H25N3O/c1-23(2,3)19-10-12-20(13-11-19)26-22(27)18-9-14-21(25-16-18)24-15-17-7-5-4-6-8-17/h4-14,16H,15H2,1-3H3,(H,24,25)(H,26,27). The van der Waals surface area contributed by atoms with Crippen LogP contribution in [0, 0.1) is 0 Å². The van der Waals surface area contributed by atoms with Gasteiger partial charge >= 0.3 is 0 Å². The molecule has 0 aliphatic heterocycles. The van der Waals surface area contributed by atoms with Crippen molar-refractivity contribution >= 4 is 17.4 Å². The summed E-state index contributed by atoms with van der Waals surface area (Å²) in [5.41, 5.74) is 3.81. The third-order valence-corrected chi connectivity index (χ3v) is 4.35. The van der Waals surface area contributed by atoms with E-state index < -0.39 is 0 Å². The van der Waals surface area contributed by atoms with Crippen molar-refractivity contribution in [1.82, 2.24) is 4.98 Å². The molecule has 2 N–H and O–H groups in total. The maximum atomic E-state index is 12.4. The summed E-state index contributed by atoms with van der Waals surface area (Å²) < 4.78 is 0. The summed E-state index contributed by atoms with van der Waals surface area (Å²) in [6.07, 6.45) is 1.59. The van der Waals surface area contributed by atoms with Gasteiger partial charge in [-0.25, -0.2) is 4.98 Å². The molecule has 3 rings (SSSR count). The maximum Gasteiger partial charge on any atom is 0.257 e. The van der Waals surface area contributed by atoms with Crippen LogP contribution in [0.25, 0.3) is 0 Å². The van der Waals surface area contributed by atoms with E-state index in [1.807, 2.05) is 48.5 Å². The Bertz CT molecular complexity index is 880. The number of nitrogens with zero attached hydrogens (tertiary/aromatic N) is 1. The van der Waals surface area contributed by atoms with Gasteiger partial charge in [0.15, 0.2) is 0 Å². The largest absolute Gasteiger partial charge is 0.366 e. The number of rotatable bonds is 5. The molecule has 0 saturated carbocycles. The molecular formula is C23H25N3O. The first kappa shape index (κ1) is 18.6. The highest BCUT2D eigenvalue weighted by molar-refractivity contribution is 6.04. The second-order valence-electron chi connectivity index (χ2n) is 7.55. The highest BCUT2D eigenvalue weighted by Crippen LogP contribution is 2.23. The third kappa shape index (κ3) is 5.17. The molecule has 0 bridgehead atoms. The lowest BCUT2D eigenvalue weighted by molar-refractivity contribution is 0.102. The summed E-state index contributed by atoms with van der Waals surface area (Å²) in [4.78, 5) is 16.7. The molecule has 0 fully saturated rings. The minimum Gasteiger partial charge on any atom is -0.366 e. The summed E-state index contributed by atoms with van der Waals surface area (Å²) in [7, 11) is 0. The number of hydrogen-bond donors (Lipinski definition) is 2. The average molecular weight is 359 g/mol. The van der Waals surface area contributed by atoms with Gasteiger partial charge in [0.1, 0.15) is 5.82 Å². The van der Waals surface area contributed by atoms with Crippen LogP contribution >= 0.6 is 0 Å². The molecule has 0 spiro atoms. The van der Waals surface area contributed by atoms with E-state index in [0.29, 0.717) is 12.1 Å². The fourth-order valence-corrected chi connectivity index (χ4v) is 2.68. The van der Waals surface area contributed by atoms with Gasteiger partial charge in [0.05, 0.1) is 5.56 Å². The minimum absolute atomic E-state index is 0.0923. The first-order valence-electron chi connectivity index (χ1n) is 9.07. The van der Waals surface area contributed by atoms with E-state index in [1.54, 1.807) is 12.3 Å². The van der Waals surface area contributed by atoms with Gasteiger partial charge in [-0.3, -0.25) is 4.79 Å². The average Bonchev–Trinajstić information content (AvgIpc) is 2.67. The van der Waals surface area contributed by atoms with Gasteiger partial charge in [0, 0.05) is 18.4 Å². The van der Waals surface area contributed by atoms with Crippen molar-refractivity contribution in [3.8, 4) is 0 Å². The number of carbonyl (C=O) groups is 1. The Hall–Kier alpha value is -3.14. The second kappa shape index (κ2) is 8.04. The first-order chi connectivity index (χ1) is 12.9. The van der Waals surface area contributed by atoms with Crippen LogP contribution in [0.15, 0.2) is 72.9 Å². The Kier molecular flexibility index (Phi) is 5.55. The van der Waals surface area contributed by atoms with E-state index >= 15 is 0 Å². The molecule has 0 aliphatic rings. The van der Waals surface area contributed by atoms with E-state index in [9.17, 15) is 4.79 Å². The molecule has 4 nitrogen and oxygen atoms in total. The summed E-state index contributed by atoms with van der Waals surface area (Å²) in [6.45, 7) is 7.19. The zero-order chi connectivity index (χ0) is 19.3. The fourth-order valence-electron chi connectivity index (χ4n) is 2.68. The molecule has 4 heteroatoms. The molecule has 2 aromatic carbocycles. The zero-order valence-corrected chi connectivity index (χ0v) is 16.0. The molecule has 0 radical (unpaired) electrons. The van der Waals surface area contributed by atoms with E-state index in [4.69, 9.17) is 0 Å². The van der Waals surface area contributed by atoms with Crippen LogP contribution in [-0.4, -0.2) is 10.9 Å². The smallest absolute Gasteiger partial charge is 0.257 e. The van der Waals surface area contributed by atoms with Crippen molar-refractivity contribution < 1.29 is 4.79 Å². The van der Waals surface area contributed by atoms with Crippen LogP contribution in [-0.2, 0) is 12.0 Å². The Morgan fingerprint density at radius 3 is 2.22 bits per heavy atom. The lowest BCUT2D eigenvalue weighted by Gasteiger charge is -2.19. The number of hydrogen-bond acceptors (Lipinski definition) is 3. The summed E-state index contributed by atoms with van der Waals surface area (Å²) in [5.74, 6) is 0.575. The fraction of sp³-hybridized carbons (Fsp3) is 0.217. The third-order valence-electron chi connectivity index (χ3n) is 4.35. The Morgan fingerprint density at radius 2 is 1.63 bits per heavy atom. The zero-order valence-electron chi connectivity index (χ0n) is 16.0. The molecule has 1 amide bonds. The highest BCUT2D eigenvalue weighted by atomic mass is 16.1. The molecular weight excluding hydrogens is 334 g/mol. The predicted molar refractivity (Wildman–Crippen MR) is 111 cm³/mol. The number of amides is 1. The maximum absolute atomic E-state index is 12.4. The number of pyridine rings is 1. The van der Waals surface area contributed by atoms with E-state index in [0.717, 1.165) is 11.5 Å². The van der Waals surface area contributed by atoms with Gasteiger partial charge in [-0.1, -0.05) is 63.2 Å². The molecule has 27 heavy (non-hydrogen) atoms. The van der Waals surface area contributed by atoms with Gasteiger partial charge in [-0.05, 0) is 40.8 Å². The van der Waals surface area contributed by atoms with Crippen molar-refractivity contribution in [2.24, 2.45) is 0 Å². The Labute approximate surface area is 160 Å². The van der Waals surface area contributed by atoms with Crippen LogP contribution in [0.5, 0.6) is 0 Å². The highest BCUT2D eigenvalue weighted by Gasteiger charge is 2.13. The summed E-state index contributed by atoms with van der Waals surface area (Å²) >= 11 is 0. The van der Waals surface area contributed by atoms with Gasteiger partial charge in [-0.2, -0.15) is 0 Å². The Balaban J connectivity index is 1.58. The van der Waals surface area contributed by atoms with Gasteiger partial charge in [-0.15, -0.1) is 0 Å². The number of aromatic nitrogens is 1. The summed E-state index contributed by atoms with van der Waals surface area (Å²) in [5, 5.41) is 6.17. The van der Waals surface area contributed by atoms with Crippen LogP contribution in [0.1, 0.15) is 42.3 Å². The van der Waals surface area contributed by atoms with E-state index in [2.05, 4.69) is 48.5 Å². The van der Waals surface area contributed by atoms with Gasteiger partial charge in [0.25, 0.3) is 5.91 Å². The topological polar surface area (TPSA) is 54.0 Å². The molecule has 0 unspecified atom stereocenters. The van der Waals surface area contributed by atoms with Crippen LogP contribution in [0.2, 0.25) is 0 Å². The predicted octanol–water partition coefficient (Wildman–Crippen LogP) is 5.24. The first-order valence-corrected chi connectivity index (χ1v) is 9.07. The molecule has 1 heterocycles. The van der Waals surface area contributed by atoms with Crippen molar-refractivity contribution in [1.29, 1.82) is 0 Å². The quantitative estimate of drug-likeness (QED) is 0.655. The number of anilines is 2. The molecule has 0 atom stereocenters. The van der Waals surface area contributed by atoms with Crippen LogP contribution < -0.4 is 10.6 Å². The van der Waals surface area contributed by atoms with Crippen molar-refractivity contribution in [2.75, 3.05) is 10.6 Å². The van der Waals surface area contributed by atoms with Crippen molar-refractivity contribution in [2.45, 2.75) is 32.7 Å². The number of carbonyl (C=O) groups excluding carboxylic acids is 1. The Morgan fingerprint density at radius 1 is 0.926 bits per heavy atom. The van der Waals surface area contributed by atoms with Crippen LogP contribution in [0.3, 0.4) is 0 Å². The van der Waals surface area contributed by atoms with E-state index in [-0.39, 0.29) is 11.3 Å². The number of nitrogens with one attached hydrogen (secondary N) is 2. The monoisotopic (exact) mass is 359 g/mol. The molecule has 3 aromatic rings. The lowest BCUT2D eigenvalue weighted by Crippen LogP contribution is -2.14. The lowest BCUT2D eigenvalue weighted by atomic mass is 9.87. The van der Waals surface area contributed by atoms with Crippen LogP contribution in [0.4, 0.5) is 11.5 Å². The SMILES string of the molecule is CC(C)(C)c1ccc(NC(=O)c2ccc(NCc3ccccc3)nc2)cc1. The molecule has 0 aliphatic carbocycles. The number of benzene rings is 2. The molecule has 1 aromatic heterocycles. The van der Waals surface area contributed by atoms with Gasteiger partial charge in [0.2, 0.25) is 0 Å². The molecule has 138 valence electrons. The van der Waals surface area contributed by atoms with Gasteiger partial charge < -0.3 is 10.6 Å². The second-order valence-corrected chi connectivity index (χ2v) is 7.55. The summed E-state index contributed by atoms with van der Waals surface area (Å²) in [6, 6.07) is 21.7. The normalized spacial score (nSPS) is 11.1. The van der Waals surface area contributed by atoms with Crippen molar-refractivity contribution in [3.63, 3.8) is 0 Å². The minimum atomic E-state index is -0.166. The van der Waals surface area contributed by atoms with Crippen molar-refractivity contribution in [3.05, 3.63) is 89.6 Å². The molecule has 0 saturated heterocycles.